The minimum Gasteiger partial charge on any atom is -0.424 e. The van der Waals surface area contributed by atoms with E-state index in [-0.39, 0.29) is 4.92 Å². The first kappa shape index (κ1) is 14.7. The lowest BCUT2D eigenvalue weighted by atomic mass is 9.79. The van der Waals surface area contributed by atoms with Gasteiger partial charge in [0.15, 0.2) is 0 Å². The summed E-state index contributed by atoms with van der Waals surface area (Å²) in [5.41, 5.74) is -2.10. The standard InChI is InChI=1S/C14H26N2O3/c17-14-10-8-6-4-2-1-3-5-7-9-13(14,16(18)19)11-12-15-14/h15,17H,1-12H2/p+1. The summed E-state index contributed by atoms with van der Waals surface area (Å²) >= 11 is 0. The summed E-state index contributed by atoms with van der Waals surface area (Å²) in [6, 6.07) is 0. The summed E-state index contributed by atoms with van der Waals surface area (Å²) in [6.45, 7) is 0.616. The van der Waals surface area contributed by atoms with Crippen molar-refractivity contribution >= 4 is 0 Å². The molecule has 1 aliphatic carbocycles. The molecule has 2 unspecified atom stereocenters. The summed E-state index contributed by atoms with van der Waals surface area (Å²) in [7, 11) is 0. The Hall–Kier alpha value is -0.680. The van der Waals surface area contributed by atoms with Crippen LogP contribution in [-0.2, 0) is 0 Å². The minimum absolute atomic E-state index is 0.147. The SMILES string of the molecule is O=[N+]([O-])C12CCCCCCCCCCC1([OH2+])NCC2. The quantitative estimate of drug-likeness (QED) is 0.451. The molecule has 1 aliphatic heterocycles. The second-order valence-corrected chi connectivity index (χ2v) is 6.20. The molecule has 0 spiro atoms. The van der Waals surface area contributed by atoms with E-state index in [1.54, 1.807) is 0 Å². The van der Waals surface area contributed by atoms with E-state index in [0.29, 0.717) is 25.8 Å². The van der Waals surface area contributed by atoms with Gasteiger partial charge in [0.25, 0.3) is 5.72 Å². The summed E-state index contributed by atoms with van der Waals surface area (Å²) in [6.07, 6.45) is 10.6. The number of nitrogens with zero attached hydrogens (tertiary/aromatic N) is 1. The summed E-state index contributed by atoms with van der Waals surface area (Å²) < 4.78 is 0. The van der Waals surface area contributed by atoms with Gasteiger partial charge in [-0.15, -0.1) is 0 Å². The molecule has 2 atom stereocenters. The summed E-state index contributed by atoms with van der Waals surface area (Å²) in [5.74, 6) is 0. The first-order valence-corrected chi connectivity index (χ1v) is 7.75. The van der Waals surface area contributed by atoms with Crippen LogP contribution in [0.3, 0.4) is 0 Å². The number of fused-ring (bicyclic) bond motifs is 1. The molecule has 0 aromatic carbocycles. The highest BCUT2D eigenvalue weighted by atomic mass is 16.6. The Morgan fingerprint density at radius 3 is 2.00 bits per heavy atom. The third-order valence-corrected chi connectivity index (χ3v) is 5.00. The molecule has 110 valence electrons. The van der Waals surface area contributed by atoms with Crippen LogP contribution in [0.1, 0.15) is 70.6 Å². The molecular weight excluding hydrogens is 244 g/mol. The van der Waals surface area contributed by atoms with Gasteiger partial charge in [-0.1, -0.05) is 38.5 Å². The maximum atomic E-state index is 11.6. The van der Waals surface area contributed by atoms with Crippen molar-refractivity contribution in [1.82, 2.24) is 5.32 Å². The molecule has 0 aromatic heterocycles. The molecule has 5 nitrogen and oxygen atoms in total. The van der Waals surface area contributed by atoms with Crippen molar-refractivity contribution < 1.29 is 10.0 Å². The third kappa shape index (κ3) is 2.92. The second kappa shape index (κ2) is 6.18. The van der Waals surface area contributed by atoms with E-state index in [0.717, 1.165) is 25.7 Å². The number of nitro groups is 1. The van der Waals surface area contributed by atoms with E-state index in [1.165, 1.54) is 25.7 Å². The van der Waals surface area contributed by atoms with Gasteiger partial charge in [0, 0.05) is 30.7 Å². The van der Waals surface area contributed by atoms with Gasteiger partial charge in [-0.25, -0.2) is 5.32 Å². The molecule has 1 heterocycles. The van der Waals surface area contributed by atoms with Crippen LogP contribution in [0.5, 0.6) is 0 Å². The number of rotatable bonds is 1. The number of hydrogen-bond donors (Lipinski definition) is 1. The summed E-state index contributed by atoms with van der Waals surface area (Å²) in [5, 5.41) is 23.4. The Labute approximate surface area is 114 Å². The third-order valence-electron chi connectivity index (χ3n) is 5.00. The van der Waals surface area contributed by atoms with Crippen molar-refractivity contribution in [2.24, 2.45) is 0 Å². The molecule has 1 saturated carbocycles. The van der Waals surface area contributed by atoms with Gasteiger partial charge in [-0.2, -0.15) is 0 Å². The topological polar surface area (TPSA) is 78.1 Å². The van der Waals surface area contributed by atoms with Crippen molar-refractivity contribution in [2.75, 3.05) is 6.54 Å². The predicted molar refractivity (Wildman–Crippen MR) is 74.9 cm³/mol. The number of hydrogen-bond acceptors (Lipinski definition) is 3. The summed E-state index contributed by atoms with van der Waals surface area (Å²) in [4.78, 5) is 11.5. The lowest BCUT2D eigenvalue weighted by Crippen LogP contribution is -2.60. The van der Waals surface area contributed by atoms with Crippen molar-refractivity contribution in [2.45, 2.75) is 81.9 Å². The highest BCUT2D eigenvalue weighted by Crippen LogP contribution is 2.40. The van der Waals surface area contributed by atoms with Crippen LogP contribution in [0.4, 0.5) is 0 Å². The maximum absolute atomic E-state index is 11.6. The van der Waals surface area contributed by atoms with Crippen LogP contribution in [0, 0.1) is 10.1 Å². The maximum Gasteiger partial charge on any atom is 0.310 e. The normalized spacial score (nSPS) is 37.9. The van der Waals surface area contributed by atoms with Crippen molar-refractivity contribution in [3.05, 3.63) is 10.1 Å². The molecule has 1 saturated heterocycles. The highest BCUT2D eigenvalue weighted by molar-refractivity contribution is 5.04. The van der Waals surface area contributed by atoms with Crippen molar-refractivity contribution in [3.8, 4) is 0 Å². The molecule has 2 fully saturated rings. The monoisotopic (exact) mass is 271 g/mol. The average Bonchev–Trinajstić information content (AvgIpc) is 2.68. The smallest absolute Gasteiger partial charge is 0.310 e. The zero-order chi connectivity index (χ0) is 13.8. The lowest BCUT2D eigenvalue weighted by Gasteiger charge is -2.31. The van der Waals surface area contributed by atoms with Gasteiger partial charge in [-0.05, 0) is 12.8 Å². The molecule has 0 amide bonds. The molecule has 3 N–H and O–H groups in total. The first-order valence-electron chi connectivity index (χ1n) is 7.75. The fourth-order valence-electron chi connectivity index (χ4n) is 3.73. The Morgan fingerprint density at radius 1 is 0.895 bits per heavy atom. The van der Waals surface area contributed by atoms with Crippen LogP contribution in [0.15, 0.2) is 0 Å². The van der Waals surface area contributed by atoms with Crippen molar-refractivity contribution in [1.29, 1.82) is 0 Å². The largest absolute Gasteiger partial charge is 0.424 e. The average molecular weight is 271 g/mol. The lowest BCUT2D eigenvalue weighted by molar-refractivity contribution is -0.593. The first-order chi connectivity index (χ1) is 9.11. The van der Waals surface area contributed by atoms with E-state index in [9.17, 15) is 10.1 Å². The van der Waals surface area contributed by atoms with Gasteiger partial charge in [-0.3, -0.25) is 10.1 Å². The fourth-order valence-corrected chi connectivity index (χ4v) is 3.73. The zero-order valence-corrected chi connectivity index (χ0v) is 11.7. The highest BCUT2D eigenvalue weighted by Gasteiger charge is 2.67. The Morgan fingerprint density at radius 2 is 1.42 bits per heavy atom. The Bertz CT molecular complexity index is 324. The van der Waals surface area contributed by atoms with E-state index < -0.39 is 11.3 Å². The van der Waals surface area contributed by atoms with E-state index in [4.69, 9.17) is 5.11 Å². The van der Waals surface area contributed by atoms with Crippen LogP contribution >= 0.6 is 0 Å². The van der Waals surface area contributed by atoms with Crippen LogP contribution in [0.2, 0.25) is 0 Å². The van der Waals surface area contributed by atoms with Gasteiger partial charge in [0.2, 0.25) is 0 Å². The molecule has 0 radical (unpaired) electrons. The Balaban J connectivity index is 2.14. The molecule has 2 rings (SSSR count). The van der Waals surface area contributed by atoms with Crippen LogP contribution < -0.4 is 5.32 Å². The zero-order valence-electron chi connectivity index (χ0n) is 11.7. The van der Waals surface area contributed by atoms with Gasteiger partial charge in [0.05, 0.1) is 0 Å². The van der Waals surface area contributed by atoms with Crippen LogP contribution in [-0.4, -0.2) is 27.8 Å². The fraction of sp³-hybridized carbons (Fsp3) is 1.00. The predicted octanol–water partition coefficient (Wildman–Crippen LogP) is 2.33. The van der Waals surface area contributed by atoms with Gasteiger partial charge < -0.3 is 5.11 Å². The molecule has 5 heteroatoms. The molecule has 19 heavy (non-hydrogen) atoms. The Kier molecular flexibility index (Phi) is 4.79. The van der Waals surface area contributed by atoms with Gasteiger partial charge in [0.1, 0.15) is 0 Å². The second-order valence-electron chi connectivity index (χ2n) is 6.20. The van der Waals surface area contributed by atoms with E-state index >= 15 is 0 Å². The van der Waals surface area contributed by atoms with Crippen molar-refractivity contribution in [3.63, 3.8) is 0 Å². The van der Waals surface area contributed by atoms with E-state index in [1.807, 2.05) is 0 Å². The minimum atomic E-state index is -1.05. The molecule has 0 bridgehead atoms. The van der Waals surface area contributed by atoms with Gasteiger partial charge >= 0.3 is 5.54 Å². The molecular formula is C14H27N2O3+. The molecule has 2 aliphatic rings. The molecule has 0 aromatic rings. The van der Waals surface area contributed by atoms with E-state index in [2.05, 4.69) is 5.32 Å². The van der Waals surface area contributed by atoms with Crippen LogP contribution in [0.25, 0.3) is 0 Å². The number of nitrogens with one attached hydrogen (secondary N) is 1.